The van der Waals surface area contributed by atoms with Crippen LogP contribution in [0.15, 0.2) is 79.3 Å². The number of imide groups is 1. The third kappa shape index (κ3) is 8.96. The summed E-state index contributed by atoms with van der Waals surface area (Å²) in [6.45, 7) is 17.1. The van der Waals surface area contributed by atoms with Crippen LogP contribution in [0.5, 0.6) is 0 Å². The number of tetrazole rings is 1. The van der Waals surface area contributed by atoms with E-state index in [0.29, 0.717) is 18.9 Å². The van der Waals surface area contributed by atoms with Crippen LogP contribution < -0.4 is 25.3 Å². The molecule has 1 atom stereocenters. The summed E-state index contributed by atoms with van der Waals surface area (Å²) in [6, 6.07) is 19.8. The summed E-state index contributed by atoms with van der Waals surface area (Å²) in [7, 11) is 0. The maximum Gasteiger partial charge on any atom is 0.328 e. The summed E-state index contributed by atoms with van der Waals surface area (Å²) in [6.07, 6.45) is 8.19. The first-order chi connectivity index (χ1) is 30.4. The molecule has 0 bridgehead atoms. The van der Waals surface area contributed by atoms with Gasteiger partial charge in [0.1, 0.15) is 5.82 Å². The Kier molecular flexibility index (Phi) is 11.4. The second-order valence-corrected chi connectivity index (χ2v) is 17.9. The number of hydrogen-bond acceptors (Lipinski definition) is 12. The lowest BCUT2D eigenvalue weighted by molar-refractivity contribution is -0.120. The molecule has 17 heteroatoms. The largest absolute Gasteiger partial charge is 0.371 e. The highest BCUT2D eigenvalue weighted by Crippen LogP contribution is 2.32. The number of hydrogen-bond donors (Lipinski definition) is 2. The lowest BCUT2D eigenvalue weighted by atomic mass is 9.95. The Bertz CT molecular complexity index is 2630. The quantitative estimate of drug-likeness (QED) is 0.178. The average molecular weight is 851 g/mol. The van der Waals surface area contributed by atoms with Gasteiger partial charge in [-0.1, -0.05) is 18.2 Å². The van der Waals surface area contributed by atoms with Crippen molar-refractivity contribution in [3.05, 3.63) is 96.2 Å². The number of piperazine rings is 1. The van der Waals surface area contributed by atoms with Crippen molar-refractivity contribution in [1.82, 2.24) is 55.3 Å². The van der Waals surface area contributed by atoms with Crippen molar-refractivity contribution in [2.24, 2.45) is 5.92 Å². The Hall–Kier alpha value is -6.75. The predicted octanol–water partition coefficient (Wildman–Crippen LogP) is 5.48. The minimum absolute atomic E-state index is 0.0362. The van der Waals surface area contributed by atoms with E-state index in [2.05, 4.69) is 76.2 Å². The van der Waals surface area contributed by atoms with Crippen molar-refractivity contribution < 1.29 is 14.4 Å². The molecule has 4 amide bonds. The number of amides is 4. The molecule has 0 aliphatic carbocycles. The molecule has 2 N–H and O–H groups in total. The van der Waals surface area contributed by atoms with E-state index in [-0.39, 0.29) is 35.3 Å². The number of benzene rings is 2. The normalized spacial score (nSPS) is 17.3. The SMILES string of the molecule is Cc1cc(-c2nc(-c3ccc(N4CCN(CC5CCN(c6cccc(N7CCC(=O)NC7=O)c6)CC5)CC4)nc3)cn3nccc23)ccc1[C@@H](C)NC(=O)c1nnn(C(C)(C)C)n1. The molecule has 3 fully saturated rings. The van der Waals surface area contributed by atoms with E-state index in [1.165, 1.54) is 4.80 Å². The fourth-order valence-electron chi connectivity index (χ4n) is 8.81. The van der Waals surface area contributed by atoms with Gasteiger partial charge in [-0.3, -0.25) is 24.7 Å². The summed E-state index contributed by atoms with van der Waals surface area (Å²) in [5.74, 6) is 1.04. The first kappa shape index (κ1) is 41.6. The van der Waals surface area contributed by atoms with Gasteiger partial charge in [0, 0.05) is 87.5 Å². The van der Waals surface area contributed by atoms with Crippen molar-refractivity contribution in [3.63, 3.8) is 0 Å². The van der Waals surface area contributed by atoms with Crippen LogP contribution >= 0.6 is 0 Å². The van der Waals surface area contributed by atoms with Crippen molar-refractivity contribution >= 4 is 40.6 Å². The van der Waals surface area contributed by atoms with Crippen molar-refractivity contribution in [2.45, 2.75) is 65.5 Å². The van der Waals surface area contributed by atoms with E-state index in [1.54, 1.807) is 11.1 Å². The van der Waals surface area contributed by atoms with Gasteiger partial charge in [-0.25, -0.2) is 19.3 Å². The van der Waals surface area contributed by atoms with Crippen LogP contribution in [0.3, 0.4) is 0 Å². The van der Waals surface area contributed by atoms with E-state index in [9.17, 15) is 14.4 Å². The maximum absolute atomic E-state index is 13.0. The molecule has 6 aromatic rings. The number of anilines is 3. The molecule has 0 radical (unpaired) electrons. The van der Waals surface area contributed by atoms with Gasteiger partial charge in [-0.2, -0.15) is 9.90 Å². The molecule has 0 saturated carbocycles. The third-order valence-corrected chi connectivity index (χ3v) is 12.4. The van der Waals surface area contributed by atoms with E-state index < -0.39 is 0 Å². The van der Waals surface area contributed by atoms with Gasteiger partial charge in [0.25, 0.3) is 11.7 Å². The Morgan fingerprint density at radius 2 is 1.68 bits per heavy atom. The second-order valence-electron chi connectivity index (χ2n) is 17.9. The van der Waals surface area contributed by atoms with Crippen LogP contribution in [0, 0.1) is 12.8 Å². The molecule has 0 spiro atoms. The molecular formula is C46H54N14O3. The second kappa shape index (κ2) is 17.2. The zero-order valence-corrected chi connectivity index (χ0v) is 36.5. The lowest BCUT2D eigenvalue weighted by Crippen LogP contribution is -2.49. The average Bonchev–Trinajstić information content (AvgIpc) is 3.98. The van der Waals surface area contributed by atoms with Gasteiger partial charge in [0.2, 0.25) is 5.91 Å². The highest BCUT2D eigenvalue weighted by atomic mass is 16.2. The lowest BCUT2D eigenvalue weighted by Gasteiger charge is -2.40. The first-order valence-corrected chi connectivity index (χ1v) is 21.8. The van der Waals surface area contributed by atoms with Gasteiger partial charge in [0.15, 0.2) is 0 Å². The molecule has 3 aliphatic rings. The minimum atomic E-state index is -0.380. The van der Waals surface area contributed by atoms with Crippen molar-refractivity contribution in [3.8, 4) is 22.5 Å². The van der Waals surface area contributed by atoms with Crippen LogP contribution in [0.1, 0.15) is 74.7 Å². The Balaban J connectivity index is 0.794. The summed E-state index contributed by atoms with van der Waals surface area (Å²) in [5, 5.41) is 22.3. The number of fused-ring (bicyclic) bond motifs is 1. The van der Waals surface area contributed by atoms with E-state index >= 15 is 0 Å². The molecule has 63 heavy (non-hydrogen) atoms. The first-order valence-electron chi connectivity index (χ1n) is 21.8. The number of aromatic nitrogens is 8. The van der Waals surface area contributed by atoms with Crippen molar-refractivity contribution in [1.29, 1.82) is 0 Å². The smallest absolute Gasteiger partial charge is 0.328 e. The van der Waals surface area contributed by atoms with Gasteiger partial charge in [-0.15, -0.1) is 10.2 Å². The zero-order valence-electron chi connectivity index (χ0n) is 36.5. The molecule has 3 aliphatic heterocycles. The molecule has 17 nitrogen and oxygen atoms in total. The molecular weight excluding hydrogens is 797 g/mol. The highest BCUT2D eigenvalue weighted by Gasteiger charge is 2.28. The number of carbonyl (C=O) groups excluding carboxylic acids is 3. The van der Waals surface area contributed by atoms with E-state index in [0.717, 1.165) is 115 Å². The maximum atomic E-state index is 13.0. The fourth-order valence-corrected chi connectivity index (χ4v) is 8.81. The number of nitrogens with one attached hydrogen (secondary N) is 2. The van der Waals surface area contributed by atoms with Crippen LogP contribution in [-0.2, 0) is 10.3 Å². The Morgan fingerprint density at radius 3 is 2.40 bits per heavy atom. The Labute approximate surface area is 366 Å². The number of nitrogens with zero attached hydrogens (tertiary/aromatic N) is 12. The molecule has 3 saturated heterocycles. The van der Waals surface area contributed by atoms with Crippen LogP contribution in [0.2, 0.25) is 0 Å². The predicted molar refractivity (Wildman–Crippen MR) is 241 cm³/mol. The molecule has 326 valence electrons. The topological polar surface area (TPSA) is 175 Å². The number of urea groups is 1. The zero-order chi connectivity index (χ0) is 43.8. The summed E-state index contributed by atoms with van der Waals surface area (Å²) >= 11 is 0. The Morgan fingerprint density at radius 1 is 0.905 bits per heavy atom. The van der Waals surface area contributed by atoms with Gasteiger partial charge in [-0.05, 0) is 112 Å². The van der Waals surface area contributed by atoms with Crippen LogP contribution in [0.25, 0.3) is 28.0 Å². The van der Waals surface area contributed by atoms with Crippen LogP contribution in [0.4, 0.5) is 22.0 Å². The molecule has 2 aromatic carbocycles. The number of carbonyl (C=O) groups is 3. The van der Waals surface area contributed by atoms with E-state index in [1.807, 2.05) is 81.9 Å². The summed E-state index contributed by atoms with van der Waals surface area (Å²) in [5.41, 5.74) is 7.88. The molecule has 4 aromatic heterocycles. The third-order valence-electron chi connectivity index (χ3n) is 12.4. The van der Waals surface area contributed by atoms with E-state index in [4.69, 9.17) is 9.97 Å². The van der Waals surface area contributed by atoms with Crippen molar-refractivity contribution in [2.75, 3.05) is 67.1 Å². The highest BCUT2D eigenvalue weighted by molar-refractivity contribution is 6.05. The minimum Gasteiger partial charge on any atom is -0.371 e. The summed E-state index contributed by atoms with van der Waals surface area (Å²) < 4.78 is 1.86. The van der Waals surface area contributed by atoms with Crippen LogP contribution in [-0.4, -0.2) is 115 Å². The molecule has 0 unspecified atom stereocenters. The monoisotopic (exact) mass is 850 g/mol. The van der Waals surface area contributed by atoms with Gasteiger partial charge in [0.05, 0.1) is 40.9 Å². The van der Waals surface area contributed by atoms with Gasteiger partial charge >= 0.3 is 6.03 Å². The number of rotatable bonds is 10. The molecule has 9 rings (SSSR count). The number of piperidine rings is 1. The molecule has 7 heterocycles. The standard InChI is InChI=1S/C46H54N14O3/c1-30-25-33(9-11-37(30)31(2)49-44(62)43-52-54-60(53-43)46(3,4)5)42-39-13-17-48-59(39)29-38(50-42)34-10-12-40(47-27-34)57-23-21-55(22-24-57)28-32-14-18-56(19-15-32)35-7-6-8-36(26-35)58-20-16-41(61)51-45(58)63/h6-13,17,25-27,29,31-32H,14-16,18-24,28H2,1-5H3,(H,49,62)(H,51,61,63)/t31-/m1/s1. The summed E-state index contributed by atoms with van der Waals surface area (Å²) in [4.78, 5) is 57.6. The fraction of sp³-hybridized carbons (Fsp3) is 0.413. The number of pyridine rings is 1. The number of aryl methyl sites for hydroxylation is 1. The van der Waals surface area contributed by atoms with Gasteiger partial charge < -0.3 is 15.1 Å².